The standard InChI is InChI=1S/C30H26N4O6S/c1-20-10-12-22(13-11-20)41(39,40)32-16-14-31(15-17-32)28-23-8-5-9-24-27(23)25(18-26(28)34(37)38)30(36)33(29(24)35)19-21-6-3-2-4-7-21/h2-13,18H,14-17,19H2,1H3. The van der Waals surface area contributed by atoms with Crippen LogP contribution in [0, 0.1) is 17.0 Å². The van der Waals surface area contributed by atoms with Gasteiger partial charge in [0.05, 0.1) is 21.9 Å². The highest BCUT2D eigenvalue weighted by atomic mass is 32.2. The van der Waals surface area contributed by atoms with Crippen molar-refractivity contribution in [1.82, 2.24) is 9.21 Å². The summed E-state index contributed by atoms with van der Waals surface area (Å²) in [4.78, 5) is 42.0. The van der Waals surface area contributed by atoms with Crippen LogP contribution in [0.25, 0.3) is 10.8 Å². The average Bonchev–Trinajstić information content (AvgIpc) is 2.98. The number of hydrogen-bond donors (Lipinski definition) is 0. The number of piperazine rings is 1. The highest BCUT2D eigenvalue weighted by molar-refractivity contribution is 7.89. The van der Waals surface area contributed by atoms with Gasteiger partial charge in [-0.1, -0.05) is 60.2 Å². The van der Waals surface area contributed by atoms with E-state index in [-0.39, 0.29) is 54.6 Å². The van der Waals surface area contributed by atoms with Gasteiger partial charge in [0.2, 0.25) is 10.0 Å². The third-order valence-electron chi connectivity index (χ3n) is 7.66. The first kappa shape index (κ1) is 26.6. The molecule has 10 nitrogen and oxygen atoms in total. The third kappa shape index (κ3) is 4.52. The monoisotopic (exact) mass is 570 g/mol. The molecule has 11 heteroatoms. The normalized spacial score (nSPS) is 15.9. The van der Waals surface area contributed by atoms with Gasteiger partial charge in [0, 0.05) is 48.6 Å². The molecule has 6 rings (SSSR count). The van der Waals surface area contributed by atoms with E-state index in [0.717, 1.165) is 16.0 Å². The summed E-state index contributed by atoms with van der Waals surface area (Å²) >= 11 is 0. The van der Waals surface area contributed by atoms with Crippen molar-refractivity contribution < 1.29 is 22.9 Å². The van der Waals surface area contributed by atoms with Crippen LogP contribution in [-0.2, 0) is 16.6 Å². The van der Waals surface area contributed by atoms with Crippen molar-refractivity contribution in [1.29, 1.82) is 0 Å². The van der Waals surface area contributed by atoms with Crippen LogP contribution in [0.5, 0.6) is 0 Å². The lowest BCUT2D eigenvalue weighted by Crippen LogP contribution is -2.49. The third-order valence-corrected chi connectivity index (χ3v) is 9.57. The maximum absolute atomic E-state index is 13.6. The number of aryl methyl sites for hydroxylation is 1. The summed E-state index contributed by atoms with van der Waals surface area (Å²) in [6, 6.07) is 21.9. The molecule has 2 aliphatic rings. The first-order valence-electron chi connectivity index (χ1n) is 13.1. The van der Waals surface area contributed by atoms with E-state index in [1.54, 1.807) is 59.5 Å². The second-order valence-electron chi connectivity index (χ2n) is 10.2. The van der Waals surface area contributed by atoms with Crippen LogP contribution in [0.4, 0.5) is 11.4 Å². The molecule has 2 heterocycles. The Kier molecular flexibility index (Phi) is 6.55. The fourth-order valence-corrected chi connectivity index (χ4v) is 7.00. The van der Waals surface area contributed by atoms with Crippen LogP contribution in [0.3, 0.4) is 0 Å². The summed E-state index contributed by atoms with van der Waals surface area (Å²) in [6.45, 7) is 2.57. The Labute approximate surface area is 236 Å². The van der Waals surface area contributed by atoms with Gasteiger partial charge in [-0.05, 0) is 30.7 Å². The number of amides is 2. The fourth-order valence-electron chi connectivity index (χ4n) is 5.58. The lowest BCUT2D eigenvalue weighted by Gasteiger charge is -2.36. The Morgan fingerprint density at radius 2 is 1.49 bits per heavy atom. The highest BCUT2D eigenvalue weighted by Crippen LogP contribution is 2.43. The number of imide groups is 1. The molecule has 0 bridgehead atoms. The summed E-state index contributed by atoms with van der Waals surface area (Å²) in [5.41, 5.74) is 2.12. The number of benzene rings is 4. The van der Waals surface area contributed by atoms with E-state index in [1.165, 1.54) is 10.4 Å². The summed E-state index contributed by atoms with van der Waals surface area (Å²) < 4.78 is 27.8. The van der Waals surface area contributed by atoms with Crippen molar-refractivity contribution >= 4 is 44.0 Å². The molecule has 0 radical (unpaired) electrons. The molecule has 4 aromatic carbocycles. The molecule has 2 amide bonds. The van der Waals surface area contributed by atoms with Crippen molar-refractivity contribution in [2.45, 2.75) is 18.4 Å². The van der Waals surface area contributed by atoms with Crippen LogP contribution in [0.15, 0.2) is 83.8 Å². The van der Waals surface area contributed by atoms with E-state index in [9.17, 15) is 28.1 Å². The summed E-state index contributed by atoms with van der Waals surface area (Å²) in [6.07, 6.45) is 0. The zero-order valence-corrected chi connectivity index (χ0v) is 23.0. The Hall–Kier alpha value is -4.61. The molecule has 208 valence electrons. The van der Waals surface area contributed by atoms with Gasteiger partial charge < -0.3 is 4.90 Å². The Morgan fingerprint density at radius 3 is 2.15 bits per heavy atom. The van der Waals surface area contributed by atoms with E-state index in [2.05, 4.69) is 0 Å². The minimum Gasteiger partial charge on any atom is -0.363 e. The van der Waals surface area contributed by atoms with Crippen molar-refractivity contribution in [3.05, 3.63) is 111 Å². The van der Waals surface area contributed by atoms with Crippen molar-refractivity contribution in [2.24, 2.45) is 0 Å². The van der Waals surface area contributed by atoms with E-state index in [0.29, 0.717) is 16.3 Å². The Bertz CT molecular complexity index is 1820. The molecule has 0 aromatic heterocycles. The first-order chi connectivity index (χ1) is 19.7. The van der Waals surface area contributed by atoms with Gasteiger partial charge in [-0.2, -0.15) is 4.31 Å². The molecule has 1 fully saturated rings. The number of carbonyl (C=O) groups is 2. The van der Waals surface area contributed by atoms with E-state index in [4.69, 9.17) is 0 Å². The molecule has 0 unspecified atom stereocenters. The quantitative estimate of drug-likeness (QED) is 0.192. The summed E-state index contributed by atoms with van der Waals surface area (Å²) in [5, 5.41) is 13.1. The minimum atomic E-state index is -3.73. The minimum absolute atomic E-state index is 0.0430. The van der Waals surface area contributed by atoms with Gasteiger partial charge >= 0.3 is 0 Å². The van der Waals surface area contributed by atoms with Gasteiger partial charge in [0.25, 0.3) is 17.5 Å². The van der Waals surface area contributed by atoms with Gasteiger partial charge in [0.1, 0.15) is 5.69 Å². The van der Waals surface area contributed by atoms with Crippen LogP contribution in [0.1, 0.15) is 31.8 Å². The Balaban J connectivity index is 1.37. The van der Waals surface area contributed by atoms with Crippen LogP contribution in [-0.4, -0.2) is 60.5 Å². The predicted molar refractivity (Wildman–Crippen MR) is 153 cm³/mol. The van der Waals surface area contributed by atoms with E-state index < -0.39 is 26.8 Å². The molecule has 0 N–H and O–H groups in total. The topological polar surface area (TPSA) is 121 Å². The number of nitro groups is 1. The molecular weight excluding hydrogens is 544 g/mol. The highest BCUT2D eigenvalue weighted by Gasteiger charge is 2.38. The number of rotatable bonds is 6. The number of anilines is 1. The largest absolute Gasteiger partial charge is 0.363 e. The number of nitrogens with zero attached hydrogens (tertiary/aromatic N) is 4. The maximum Gasteiger partial charge on any atom is 0.293 e. The molecule has 1 saturated heterocycles. The van der Waals surface area contributed by atoms with Crippen LogP contribution >= 0.6 is 0 Å². The number of nitro benzene ring substituents is 1. The lowest BCUT2D eigenvalue weighted by molar-refractivity contribution is -0.384. The van der Waals surface area contributed by atoms with E-state index >= 15 is 0 Å². The van der Waals surface area contributed by atoms with Crippen molar-refractivity contribution in [3.8, 4) is 0 Å². The van der Waals surface area contributed by atoms with Gasteiger partial charge in [-0.3, -0.25) is 24.6 Å². The molecule has 4 aromatic rings. The van der Waals surface area contributed by atoms with Crippen molar-refractivity contribution in [2.75, 3.05) is 31.1 Å². The number of hydrogen-bond acceptors (Lipinski definition) is 7. The zero-order valence-electron chi connectivity index (χ0n) is 22.2. The molecule has 2 aliphatic heterocycles. The average molecular weight is 571 g/mol. The van der Waals surface area contributed by atoms with Crippen LogP contribution < -0.4 is 4.90 Å². The molecular formula is C30H26N4O6S. The molecule has 0 spiro atoms. The van der Waals surface area contributed by atoms with Gasteiger partial charge in [-0.15, -0.1) is 0 Å². The number of sulfonamides is 1. The van der Waals surface area contributed by atoms with Gasteiger partial charge in [0.15, 0.2) is 0 Å². The smallest absolute Gasteiger partial charge is 0.293 e. The second-order valence-corrected chi connectivity index (χ2v) is 12.1. The molecule has 0 aliphatic carbocycles. The molecule has 41 heavy (non-hydrogen) atoms. The SMILES string of the molecule is Cc1ccc(S(=O)(=O)N2CCN(c3c([N+](=O)[O-])cc4c5c(cccc35)C(=O)N(Cc3ccccc3)C4=O)CC2)cc1. The van der Waals surface area contributed by atoms with Crippen LogP contribution in [0.2, 0.25) is 0 Å². The maximum atomic E-state index is 13.6. The van der Waals surface area contributed by atoms with E-state index in [1.807, 2.05) is 25.1 Å². The van der Waals surface area contributed by atoms with Crippen molar-refractivity contribution in [3.63, 3.8) is 0 Å². The summed E-state index contributed by atoms with van der Waals surface area (Å²) in [5.74, 6) is -1.06. The zero-order chi connectivity index (χ0) is 28.9. The molecule has 0 saturated carbocycles. The summed E-state index contributed by atoms with van der Waals surface area (Å²) in [7, 11) is -3.73. The van der Waals surface area contributed by atoms with Gasteiger partial charge in [-0.25, -0.2) is 8.42 Å². The second kappa shape index (κ2) is 10.1. The first-order valence-corrected chi connectivity index (χ1v) is 14.6. The fraction of sp³-hybridized carbons (Fsp3) is 0.200. The molecule has 0 atom stereocenters. The lowest BCUT2D eigenvalue weighted by atomic mass is 9.91. The predicted octanol–water partition coefficient (Wildman–Crippen LogP) is 4.36. The number of carbonyl (C=O) groups excluding carboxylic acids is 2. The Morgan fingerprint density at radius 1 is 0.829 bits per heavy atom.